The summed E-state index contributed by atoms with van der Waals surface area (Å²) in [4.78, 5) is 11.5. The molecule has 0 bridgehead atoms. The summed E-state index contributed by atoms with van der Waals surface area (Å²) in [6.07, 6.45) is 4.27. The molecule has 1 aliphatic rings. The predicted octanol–water partition coefficient (Wildman–Crippen LogP) is 1.45. The van der Waals surface area contributed by atoms with E-state index < -0.39 is 6.10 Å². The molecule has 0 heterocycles. The van der Waals surface area contributed by atoms with Gasteiger partial charge in [0, 0.05) is 6.04 Å². The Hall–Kier alpha value is -0.570. The lowest BCUT2D eigenvalue weighted by Crippen LogP contribution is -2.40. The van der Waals surface area contributed by atoms with Gasteiger partial charge in [0.2, 0.25) is 5.91 Å². The van der Waals surface area contributed by atoms with E-state index in [2.05, 4.69) is 5.32 Å². The van der Waals surface area contributed by atoms with Gasteiger partial charge in [0.15, 0.2) is 0 Å². The number of carbonyl (C=O) groups is 1. The second-order valence-electron chi connectivity index (χ2n) is 4.64. The molecule has 1 saturated carbocycles. The van der Waals surface area contributed by atoms with Crippen LogP contribution in [0.1, 0.15) is 46.0 Å². The third-order valence-corrected chi connectivity index (χ3v) is 2.70. The Bertz CT molecular complexity index is 186. The van der Waals surface area contributed by atoms with Crippen LogP contribution in [-0.2, 0) is 4.79 Å². The largest absolute Gasteiger partial charge is 0.383 e. The first-order chi connectivity index (χ1) is 6.59. The molecule has 1 fully saturated rings. The monoisotopic (exact) mass is 199 g/mol. The van der Waals surface area contributed by atoms with Crippen LogP contribution in [0.15, 0.2) is 0 Å². The van der Waals surface area contributed by atoms with Crippen molar-refractivity contribution in [3.63, 3.8) is 0 Å². The van der Waals surface area contributed by atoms with Crippen molar-refractivity contribution in [1.82, 2.24) is 5.32 Å². The van der Waals surface area contributed by atoms with Gasteiger partial charge >= 0.3 is 0 Å². The average Bonchev–Trinajstić information content (AvgIpc) is 2.55. The van der Waals surface area contributed by atoms with Gasteiger partial charge in [0.25, 0.3) is 0 Å². The number of aliphatic hydroxyl groups excluding tert-OH is 1. The number of aliphatic hydroxyl groups is 1. The molecule has 1 amide bonds. The van der Waals surface area contributed by atoms with Crippen molar-refractivity contribution in [2.45, 2.75) is 58.1 Å². The van der Waals surface area contributed by atoms with E-state index in [1.54, 1.807) is 0 Å². The summed E-state index contributed by atoms with van der Waals surface area (Å²) < 4.78 is 0. The number of nitrogens with one attached hydrogen (secondary N) is 1. The van der Waals surface area contributed by atoms with Crippen molar-refractivity contribution in [2.75, 3.05) is 0 Å². The zero-order valence-electron chi connectivity index (χ0n) is 9.12. The van der Waals surface area contributed by atoms with Gasteiger partial charge < -0.3 is 10.4 Å². The molecular weight excluding hydrogens is 178 g/mol. The molecule has 3 nitrogen and oxygen atoms in total. The fraction of sp³-hybridized carbons (Fsp3) is 0.909. The highest BCUT2D eigenvalue weighted by Crippen LogP contribution is 2.18. The van der Waals surface area contributed by atoms with Crippen molar-refractivity contribution in [2.24, 2.45) is 5.92 Å². The number of hydrogen-bond acceptors (Lipinski definition) is 2. The molecule has 0 aromatic heterocycles. The summed E-state index contributed by atoms with van der Waals surface area (Å²) in [5.41, 5.74) is 0. The molecule has 82 valence electrons. The lowest BCUT2D eigenvalue weighted by molar-refractivity contribution is -0.130. The maximum Gasteiger partial charge on any atom is 0.249 e. The molecule has 14 heavy (non-hydrogen) atoms. The van der Waals surface area contributed by atoms with Crippen LogP contribution in [0, 0.1) is 5.92 Å². The maximum absolute atomic E-state index is 11.5. The van der Waals surface area contributed by atoms with Crippen LogP contribution in [0.5, 0.6) is 0 Å². The van der Waals surface area contributed by atoms with E-state index in [0.29, 0.717) is 18.4 Å². The van der Waals surface area contributed by atoms with Crippen LogP contribution in [0.3, 0.4) is 0 Å². The van der Waals surface area contributed by atoms with Gasteiger partial charge in [-0.15, -0.1) is 0 Å². The topological polar surface area (TPSA) is 49.3 Å². The molecule has 0 aliphatic heterocycles. The molecule has 0 radical (unpaired) electrons. The summed E-state index contributed by atoms with van der Waals surface area (Å²) in [7, 11) is 0. The SMILES string of the molecule is CC(C)CC(O)C(=O)NC1CCCC1. The number of amides is 1. The Labute approximate surface area is 85.9 Å². The Morgan fingerprint density at radius 1 is 1.43 bits per heavy atom. The molecule has 1 rings (SSSR count). The van der Waals surface area contributed by atoms with Gasteiger partial charge in [-0.3, -0.25) is 4.79 Å². The fourth-order valence-electron chi connectivity index (χ4n) is 1.92. The van der Waals surface area contributed by atoms with Gasteiger partial charge in [-0.25, -0.2) is 0 Å². The zero-order valence-corrected chi connectivity index (χ0v) is 9.12. The Balaban J connectivity index is 2.25. The molecule has 1 aliphatic carbocycles. The first-order valence-corrected chi connectivity index (χ1v) is 5.58. The molecule has 3 heteroatoms. The lowest BCUT2D eigenvalue weighted by Gasteiger charge is -2.16. The first-order valence-electron chi connectivity index (χ1n) is 5.58. The molecule has 0 aromatic carbocycles. The summed E-state index contributed by atoms with van der Waals surface area (Å²) in [6, 6.07) is 0.310. The van der Waals surface area contributed by atoms with Crippen LogP contribution in [-0.4, -0.2) is 23.2 Å². The normalized spacial score (nSPS) is 20.0. The zero-order chi connectivity index (χ0) is 10.6. The van der Waals surface area contributed by atoms with Crippen LogP contribution in [0.2, 0.25) is 0 Å². The van der Waals surface area contributed by atoms with Crippen LogP contribution in [0.4, 0.5) is 0 Å². The Kier molecular flexibility index (Phi) is 4.39. The van der Waals surface area contributed by atoms with E-state index in [1.807, 2.05) is 13.8 Å². The van der Waals surface area contributed by atoms with Crippen LogP contribution in [0.25, 0.3) is 0 Å². The Morgan fingerprint density at radius 3 is 2.50 bits per heavy atom. The van der Waals surface area contributed by atoms with E-state index >= 15 is 0 Å². The number of rotatable bonds is 4. The second-order valence-corrected chi connectivity index (χ2v) is 4.64. The molecule has 0 spiro atoms. The molecule has 2 N–H and O–H groups in total. The highest BCUT2D eigenvalue weighted by molar-refractivity contribution is 5.80. The minimum absolute atomic E-state index is 0.189. The summed E-state index contributed by atoms with van der Waals surface area (Å²) >= 11 is 0. The van der Waals surface area contributed by atoms with E-state index in [9.17, 15) is 9.90 Å². The van der Waals surface area contributed by atoms with E-state index in [0.717, 1.165) is 12.8 Å². The van der Waals surface area contributed by atoms with Gasteiger partial charge in [0.1, 0.15) is 6.10 Å². The predicted molar refractivity (Wildman–Crippen MR) is 55.9 cm³/mol. The molecule has 1 atom stereocenters. The quantitative estimate of drug-likeness (QED) is 0.720. The minimum Gasteiger partial charge on any atom is -0.383 e. The van der Waals surface area contributed by atoms with Crippen LogP contribution < -0.4 is 5.32 Å². The van der Waals surface area contributed by atoms with E-state index in [4.69, 9.17) is 0 Å². The summed E-state index contributed by atoms with van der Waals surface area (Å²) in [5, 5.41) is 12.4. The fourth-order valence-corrected chi connectivity index (χ4v) is 1.92. The third-order valence-electron chi connectivity index (χ3n) is 2.70. The van der Waals surface area contributed by atoms with Crippen molar-refractivity contribution in [3.05, 3.63) is 0 Å². The van der Waals surface area contributed by atoms with Gasteiger partial charge in [-0.2, -0.15) is 0 Å². The average molecular weight is 199 g/mol. The highest BCUT2D eigenvalue weighted by atomic mass is 16.3. The second kappa shape index (κ2) is 5.35. The third kappa shape index (κ3) is 3.66. The Morgan fingerprint density at radius 2 is 2.00 bits per heavy atom. The van der Waals surface area contributed by atoms with Crippen molar-refractivity contribution in [1.29, 1.82) is 0 Å². The molecule has 0 aromatic rings. The van der Waals surface area contributed by atoms with Gasteiger partial charge in [-0.1, -0.05) is 26.7 Å². The van der Waals surface area contributed by atoms with Crippen molar-refractivity contribution in [3.8, 4) is 0 Å². The van der Waals surface area contributed by atoms with Gasteiger partial charge in [0.05, 0.1) is 0 Å². The molecular formula is C11H21NO2. The van der Waals surface area contributed by atoms with Gasteiger partial charge in [-0.05, 0) is 25.2 Å². The minimum atomic E-state index is -0.824. The number of hydrogen-bond donors (Lipinski definition) is 2. The first kappa shape index (κ1) is 11.5. The van der Waals surface area contributed by atoms with E-state index in [-0.39, 0.29) is 5.91 Å². The molecule has 0 saturated heterocycles. The standard InChI is InChI=1S/C11H21NO2/c1-8(2)7-10(13)11(14)12-9-5-3-4-6-9/h8-10,13H,3-7H2,1-2H3,(H,12,14). The maximum atomic E-state index is 11.5. The summed E-state index contributed by atoms with van der Waals surface area (Å²) in [5.74, 6) is 0.171. The molecule has 1 unspecified atom stereocenters. The van der Waals surface area contributed by atoms with Crippen molar-refractivity contribution < 1.29 is 9.90 Å². The van der Waals surface area contributed by atoms with E-state index in [1.165, 1.54) is 12.8 Å². The van der Waals surface area contributed by atoms with Crippen LogP contribution >= 0.6 is 0 Å². The van der Waals surface area contributed by atoms with Crippen molar-refractivity contribution >= 4 is 5.91 Å². The highest BCUT2D eigenvalue weighted by Gasteiger charge is 2.21. The number of carbonyl (C=O) groups excluding carboxylic acids is 1. The summed E-state index contributed by atoms with van der Waals surface area (Å²) in [6.45, 7) is 4.01. The smallest absolute Gasteiger partial charge is 0.249 e. The lowest BCUT2D eigenvalue weighted by atomic mass is 10.1.